The van der Waals surface area contributed by atoms with Gasteiger partial charge in [-0.1, -0.05) is 33.9 Å². The van der Waals surface area contributed by atoms with Crippen LogP contribution in [0, 0.1) is 0 Å². The fourth-order valence-corrected chi connectivity index (χ4v) is 2.95. The van der Waals surface area contributed by atoms with Gasteiger partial charge < -0.3 is 5.10 Å². The van der Waals surface area contributed by atoms with Crippen LogP contribution in [0.4, 0.5) is 0 Å². The van der Waals surface area contributed by atoms with E-state index in [1.54, 1.807) is 17.8 Å². The van der Waals surface area contributed by atoms with E-state index in [-0.39, 0.29) is 10.6 Å². The molecular weight excluding hydrogens is 192 g/mol. The number of hydrogen-bond donors (Lipinski definition) is 1. The normalized spacial score (nSPS) is 13.3. The Morgan fingerprint density at radius 3 is 2.14 bits per heavy atom. The van der Waals surface area contributed by atoms with Crippen molar-refractivity contribution in [1.82, 2.24) is 9.78 Å². The molecule has 0 atom stereocenters. The second kappa shape index (κ2) is 3.12. The summed E-state index contributed by atoms with van der Waals surface area (Å²) in [6, 6.07) is 1.75. The molecule has 80 valence electrons. The molecule has 0 aliphatic rings. The number of nitrogens with zero attached hydrogens (tertiary/aromatic N) is 1. The monoisotopic (exact) mass is 212 g/mol. The molecule has 0 bridgehead atoms. The van der Waals surface area contributed by atoms with Crippen LogP contribution in [0.25, 0.3) is 0 Å². The Bertz CT molecular complexity index is 382. The maximum Gasteiger partial charge on any atom is 0.265 e. The van der Waals surface area contributed by atoms with Crippen molar-refractivity contribution >= 4 is 13.4 Å². The standard InChI is InChI=1S/C10H20N2OSi/c1-10(2,3)14(5,6)8-7-9(13)12(4)11-8/h7,11H,1-6H3. The average Bonchev–Trinajstić information content (AvgIpc) is 2.30. The lowest BCUT2D eigenvalue weighted by Crippen LogP contribution is -2.50. The third-order valence-corrected chi connectivity index (χ3v) is 8.79. The molecule has 0 saturated carbocycles. The van der Waals surface area contributed by atoms with Crippen LogP contribution < -0.4 is 10.9 Å². The van der Waals surface area contributed by atoms with Crippen molar-refractivity contribution in [3.63, 3.8) is 0 Å². The van der Waals surface area contributed by atoms with Gasteiger partial charge in [0.25, 0.3) is 5.56 Å². The molecule has 0 spiro atoms. The molecular formula is C10H20N2OSi. The topological polar surface area (TPSA) is 37.8 Å². The highest BCUT2D eigenvalue weighted by Crippen LogP contribution is 2.34. The van der Waals surface area contributed by atoms with Gasteiger partial charge >= 0.3 is 0 Å². The fourth-order valence-electron chi connectivity index (χ4n) is 1.21. The van der Waals surface area contributed by atoms with Gasteiger partial charge in [0, 0.05) is 18.4 Å². The quantitative estimate of drug-likeness (QED) is 0.703. The van der Waals surface area contributed by atoms with Crippen LogP contribution in [0.5, 0.6) is 0 Å². The van der Waals surface area contributed by atoms with E-state index in [9.17, 15) is 4.79 Å². The van der Waals surface area contributed by atoms with Crippen LogP contribution in [0.1, 0.15) is 20.8 Å². The van der Waals surface area contributed by atoms with Gasteiger partial charge in [-0.15, -0.1) is 0 Å². The smallest absolute Gasteiger partial charge is 0.265 e. The van der Waals surface area contributed by atoms with E-state index in [2.05, 4.69) is 39.0 Å². The van der Waals surface area contributed by atoms with Crippen molar-refractivity contribution in [2.75, 3.05) is 0 Å². The molecule has 0 amide bonds. The van der Waals surface area contributed by atoms with E-state index in [1.807, 2.05) is 0 Å². The fraction of sp³-hybridized carbons (Fsp3) is 0.700. The molecule has 1 N–H and O–H groups in total. The summed E-state index contributed by atoms with van der Waals surface area (Å²) in [5.74, 6) is 0. The number of aromatic nitrogens is 2. The van der Waals surface area contributed by atoms with Crippen LogP contribution >= 0.6 is 0 Å². The Morgan fingerprint density at radius 1 is 1.36 bits per heavy atom. The zero-order valence-electron chi connectivity index (χ0n) is 9.93. The van der Waals surface area contributed by atoms with Crippen LogP contribution in [0.15, 0.2) is 10.9 Å². The predicted molar refractivity (Wildman–Crippen MR) is 62.9 cm³/mol. The minimum atomic E-state index is -1.57. The highest BCUT2D eigenvalue weighted by Gasteiger charge is 2.38. The molecule has 0 aliphatic carbocycles. The number of hydrogen-bond acceptors (Lipinski definition) is 1. The van der Waals surface area contributed by atoms with E-state index in [0.29, 0.717) is 0 Å². The summed E-state index contributed by atoms with van der Waals surface area (Å²) in [4.78, 5) is 11.4. The van der Waals surface area contributed by atoms with Gasteiger partial charge in [0.1, 0.15) is 8.07 Å². The minimum Gasteiger partial charge on any atom is -0.304 e. The molecule has 1 aromatic heterocycles. The molecule has 14 heavy (non-hydrogen) atoms. The summed E-state index contributed by atoms with van der Waals surface area (Å²) < 4.78 is 1.55. The third kappa shape index (κ3) is 1.71. The summed E-state index contributed by atoms with van der Waals surface area (Å²) >= 11 is 0. The number of aromatic amines is 1. The molecule has 1 aromatic rings. The predicted octanol–water partition coefficient (Wildman–Crippen LogP) is 1.43. The largest absolute Gasteiger partial charge is 0.304 e. The van der Waals surface area contributed by atoms with Gasteiger partial charge in [0.15, 0.2) is 0 Å². The second-order valence-corrected chi connectivity index (χ2v) is 10.7. The van der Waals surface area contributed by atoms with Crippen LogP contribution in [-0.2, 0) is 7.05 Å². The first-order valence-corrected chi connectivity index (χ1v) is 7.93. The Hall–Kier alpha value is -0.773. The van der Waals surface area contributed by atoms with E-state index in [1.165, 1.54) is 0 Å². The van der Waals surface area contributed by atoms with Crippen molar-refractivity contribution in [2.24, 2.45) is 7.05 Å². The van der Waals surface area contributed by atoms with Gasteiger partial charge in [-0.2, -0.15) is 0 Å². The first-order valence-electron chi connectivity index (χ1n) is 4.93. The summed E-state index contributed by atoms with van der Waals surface area (Å²) in [5.41, 5.74) is 0.0600. The summed E-state index contributed by atoms with van der Waals surface area (Å²) in [6.07, 6.45) is 0. The first-order chi connectivity index (χ1) is 6.16. The highest BCUT2D eigenvalue weighted by molar-refractivity contribution is 6.91. The van der Waals surface area contributed by atoms with E-state index in [0.717, 1.165) is 5.32 Å². The Morgan fingerprint density at radius 2 is 1.86 bits per heavy atom. The number of H-pyrrole nitrogens is 1. The molecule has 0 saturated heterocycles. The number of nitrogens with one attached hydrogen (secondary N) is 1. The molecule has 0 fully saturated rings. The first kappa shape index (κ1) is 11.3. The molecule has 0 aliphatic heterocycles. The van der Waals surface area contributed by atoms with Gasteiger partial charge in [-0.25, -0.2) is 0 Å². The molecule has 3 nitrogen and oxygen atoms in total. The minimum absolute atomic E-state index is 0.0600. The van der Waals surface area contributed by atoms with Crippen LogP contribution in [0.2, 0.25) is 18.1 Å². The average molecular weight is 212 g/mol. The summed E-state index contributed by atoms with van der Waals surface area (Å²) in [7, 11) is 0.195. The zero-order chi connectivity index (χ0) is 11.1. The van der Waals surface area contributed by atoms with Gasteiger partial charge in [0.05, 0.1) is 0 Å². The number of rotatable bonds is 1. The van der Waals surface area contributed by atoms with E-state index < -0.39 is 8.07 Å². The Balaban J connectivity index is 3.23. The molecule has 0 aromatic carbocycles. The van der Waals surface area contributed by atoms with E-state index >= 15 is 0 Å². The maximum absolute atomic E-state index is 11.4. The highest BCUT2D eigenvalue weighted by atomic mass is 28.3. The van der Waals surface area contributed by atoms with Gasteiger partial charge in [-0.05, 0) is 5.04 Å². The third-order valence-electron chi connectivity index (χ3n) is 3.43. The molecule has 0 unspecified atom stereocenters. The zero-order valence-corrected chi connectivity index (χ0v) is 10.9. The number of aryl methyl sites for hydroxylation is 1. The van der Waals surface area contributed by atoms with Crippen LogP contribution in [0.3, 0.4) is 0 Å². The molecule has 4 heteroatoms. The van der Waals surface area contributed by atoms with Crippen molar-refractivity contribution in [1.29, 1.82) is 0 Å². The van der Waals surface area contributed by atoms with Crippen molar-refractivity contribution in [2.45, 2.75) is 38.9 Å². The van der Waals surface area contributed by atoms with E-state index in [4.69, 9.17) is 0 Å². The van der Waals surface area contributed by atoms with Gasteiger partial charge in [-0.3, -0.25) is 9.48 Å². The van der Waals surface area contributed by atoms with Crippen LogP contribution in [-0.4, -0.2) is 17.9 Å². The van der Waals surface area contributed by atoms with Crippen molar-refractivity contribution in [3.05, 3.63) is 16.4 Å². The van der Waals surface area contributed by atoms with Crippen molar-refractivity contribution < 1.29 is 0 Å². The second-order valence-electron chi connectivity index (χ2n) is 5.44. The van der Waals surface area contributed by atoms with Crippen molar-refractivity contribution in [3.8, 4) is 0 Å². The lowest BCUT2D eigenvalue weighted by atomic mass is 10.2. The molecule has 1 rings (SSSR count). The molecule has 1 heterocycles. The summed E-state index contributed by atoms with van der Waals surface area (Å²) in [5, 5.41) is 4.55. The lowest BCUT2D eigenvalue weighted by molar-refractivity contribution is 0.717. The molecule has 0 radical (unpaired) electrons. The SMILES string of the molecule is Cn1[nH]c([Si](C)(C)C(C)(C)C)cc1=O. The Labute approximate surface area is 86.1 Å². The Kier molecular flexibility index (Phi) is 2.52. The maximum atomic E-state index is 11.4. The lowest BCUT2D eigenvalue weighted by Gasteiger charge is -2.35. The summed E-state index contributed by atoms with van der Waals surface area (Å²) in [6.45, 7) is 11.3. The van der Waals surface area contributed by atoms with Gasteiger partial charge in [0.2, 0.25) is 0 Å².